The molecule has 2 rings (SSSR count). The standard InChI is InChI=1S/C7H11NO2.2C2H6/c9-7(10)6-4-1-2-5(3-4)8-6;2*1-2/h4-6,8H,1-3H2,(H,9,10);2*1-2H3. The topological polar surface area (TPSA) is 49.3 Å². The minimum Gasteiger partial charge on any atom is -0.480 e. The summed E-state index contributed by atoms with van der Waals surface area (Å²) in [6.45, 7) is 8.00. The van der Waals surface area contributed by atoms with E-state index in [1.807, 2.05) is 27.7 Å². The Kier molecular flexibility index (Phi) is 6.54. The number of carboxylic acids is 1. The fraction of sp³-hybridized carbons (Fsp3) is 0.909. The van der Waals surface area contributed by atoms with Crippen molar-refractivity contribution in [1.29, 1.82) is 0 Å². The molecule has 3 atom stereocenters. The normalized spacial score (nSPS) is 32.4. The third-order valence-electron chi connectivity index (χ3n) is 2.63. The first-order chi connectivity index (χ1) is 6.77. The maximum Gasteiger partial charge on any atom is 0.320 e. The maximum atomic E-state index is 10.5. The molecule has 0 spiro atoms. The lowest BCUT2D eigenvalue weighted by atomic mass is 10.0. The Labute approximate surface area is 86.9 Å². The van der Waals surface area contributed by atoms with Crippen molar-refractivity contribution < 1.29 is 9.90 Å². The highest BCUT2D eigenvalue weighted by Gasteiger charge is 2.42. The first-order valence-corrected chi connectivity index (χ1v) is 5.76. The molecule has 0 aromatic heterocycles. The third-order valence-corrected chi connectivity index (χ3v) is 2.63. The van der Waals surface area contributed by atoms with Gasteiger partial charge in [-0.3, -0.25) is 4.79 Å². The predicted octanol–water partition coefficient (Wildman–Crippen LogP) is 2.26. The van der Waals surface area contributed by atoms with E-state index < -0.39 is 5.97 Å². The molecule has 0 aromatic rings. The molecule has 2 aliphatic rings. The first kappa shape index (κ1) is 13.4. The number of nitrogens with one attached hydrogen (secondary N) is 1. The van der Waals surface area contributed by atoms with Gasteiger partial charge in [-0.1, -0.05) is 27.7 Å². The van der Waals surface area contributed by atoms with Gasteiger partial charge in [0.15, 0.2) is 0 Å². The van der Waals surface area contributed by atoms with Crippen LogP contribution in [-0.4, -0.2) is 23.2 Å². The van der Waals surface area contributed by atoms with Crippen molar-refractivity contribution in [3.63, 3.8) is 0 Å². The molecule has 0 amide bonds. The highest BCUT2D eigenvalue weighted by Crippen LogP contribution is 2.34. The van der Waals surface area contributed by atoms with Gasteiger partial charge in [0, 0.05) is 6.04 Å². The summed E-state index contributed by atoms with van der Waals surface area (Å²) in [5.74, 6) is -0.255. The van der Waals surface area contributed by atoms with E-state index in [0.717, 1.165) is 12.8 Å². The van der Waals surface area contributed by atoms with Gasteiger partial charge in [0.25, 0.3) is 0 Å². The number of piperidine rings is 1. The molecule has 14 heavy (non-hydrogen) atoms. The van der Waals surface area contributed by atoms with E-state index >= 15 is 0 Å². The van der Waals surface area contributed by atoms with Gasteiger partial charge in [-0.05, 0) is 25.2 Å². The van der Waals surface area contributed by atoms with Crippen LogP contribution in [0.1, 0.15) is 47.0 Å². The minimum atomic E-state index is -0.674. The maximum absolute atomic E-state index is 10.5. The Bertz CT molecular complexity index is 171. The zero-order chi connectivity index (χ0) is 11.1. The van der Waals surface area contributed by atoms with E-state index in [1.165, 1.54) is 6.42 Å². The van der Waals surface area contributed by atoms with Crippen molar-refractivity contribution in [3.05, 3.63) is 0 Å². The van der Waals surface area contributed by atoms with E-state index in [0.29, 0.717) is 12.0 Å². The smallest absolute Gasteiger partial charge is 0.320 e. The van der Waals surface area contributed by atoms with Crippen molar-refractivity contribution in [3.8, 4) is 0 Å². The summed E-state index contributed by atoms with van der Waals surface area (Å²) in [4.78, 5) is 10.5. The van der Waals surface area contributed by atoms with Gasteiger partial charge in [0.2, 0.25) is 0 Å². The van der Waals surface area contributed by atoms with E-state index in [1.54, 1.807) is 0 Å². The molecule has 1 heterocycles. The number of hydrogen-bond donors (Lipinski definition) is 2. The Balaban J connectivity index is 0.000000379. The van der Waals surface area contributed by atoms with Crippen molar-refractivity contribution >= 4 is 5.97 Å². The molecule has 0 aromatic carbocycles. The number of fused-ring (bicyclic) bond motifs is 2. The zero-order valence-corrected chi connectivity index (χ0v) is 9.71. The molecule has 84 valence electrons. The predicted molar refractivity (Wildman–Crippen MR) is 58.4 cm³/mol. The Hall–Kier alpha value is -0.570. The van der Waals surface area contributed by atoms with Crippen LogP contribution in [0.2, 0.25) is 0 Å². The quantitative estimate of drug-likeness (QED) is 0.684. The number of carboxylic acid groups (broad SMARTS) is 1. The molecule has 3 heteroatoms. The van der Waals surface area contributed by atoms with E-state index in [-0.39, 0.29) is 6.04 Å². The van der Waals surface area contributed by atoms with Crippen LogP contribution in [0.3, 0.4) is 0 Å². The summed E-state index contributed by atoms with van der Waals surface area (Å²) < 4.78 is 0. The van der Waals surface area contributed by atoms with Crippen LogP contribution < -0.4 is 5.32 Å². The van der Waals surface area contributed by atoms with Crippen LogP contribution in [0.25, 0.3) is 0 Å². The summed E-state index contributed by atoms with van der Waals surface area (Å²) in [6, 6.07) is 0.268. The highest BCUT2D eigenvalue weighted by molar-refractivity contribution is 5.74. The average Bonchev–Trinajstić information content (AvgIpc) is 2.85. The van der Waals surface area contributed by atoms with Gasteiger partial charge < -0.3 is 10.4 Å². The van der Waals surface area contributed by atoms with Gasteiger partial charge in [0.05, 0.1) is 0 Å². The lowest BCUT2D eigenvalue weighted by Gasteiger charge is -2.18. The molecule has 2 bridgehead atoms. The fourth-order valence-electron chi connectivity index (χ4n) is 2.13. The average molecular weight is 201 g/mol. The van der Waals surface area contributed by atoms with Crippen LogP contribution >= 0.6 is 0 Å². The molecule has 1 aliphatic carbocycles. The molecule has 3 unspecified atom stereocenters. The zero-order valence-electron chi connectivity index (χ0n) is 9.71. The Morgan fingerprint density at radius 1 is 1.21 bits per heavy atom. The molecule has 1 saturated carbocycles. The van der Waals surface area contributed by atoms with E-state index in [2.05, 4.69) is 5.32 Å². The SMILES string of the molecule is CC.CC.O=C(O)C1NC2CCC1C2. The number of rotatable bonds is 1. The molecule has 3 nitrogen and oxygen atoms in total. The lowest BCUT2D eigenvalue weighted by molar-refractivity contribution is -0.140. The van der Waals surface area contributed by atoms with Gasteiger partial charge >= 0.3 is 5.97 Å². The van der Waals surface area contributed by atoms with Crippen LogP contribution in [0.4, 0.5) is 0 Å². The number of hydrogen-bond acceptors (Lipinski definition) is 2. The summed E-state index contributed by atoms with van der Waals surface area (Å²) in [7, 11) is 0. The second kappa shape index (κ2) is 6.82. The van der Waals surface area contributed by atoms with Crippen LogP contribution in [0.5, 0.6) is 0 Å². The molecule has 1 saturated heterocycles. The van der Waals surface area contributed by atoms with Crippen LogP contribution in [0.15, 0.2) is 0 Å². The van der Waals surface area contributed by atoms with Gasteiger partial charge in [-0.15, -0.1) is 0 Å². The van der Waals surface area contributed by atoms with Gasteiger partial charge in [-0.25, -0.2) is 0 Å². The molecular formula is C11H23NO2. The Morgan fingerprint density at radius 3 is 2.00 bits per heavy atom. The third kappa shape index (κ3) is 2.98. The number of carbonyl (C=O) groups is 1. The Morgan fingerprint density at radius 2 is 1.79 bits per heavy atom. The summed E-state index contributed by atoms with van der Waals surface area (Å²) in [5.41, 5.74) is 0. The summed E-state index contributed by atoms with van der Waals surface area (Å²) in [5, 5.41) is 11.8. The summed E-state index contributed by atoms with van der Waals surface area (Å²) in [6.07, 6.45) is 3.36. The monoisotopic (exact) mass is 201 g/mol. The minimum absolute atomic E-state index is 0.237. The fourth-order valence-corrected chi connectivity index (χ4v) is 2.13. The molecule has 2 N–H and O–H groups in total. The van der Waals surface area contributed by atoms with Crippen molar-refractivity contribution in [2.45, 2.75) is 59.0 Å². The lowest BCUT2D eigenvalue weighted by Crippen LogP contribution is -2.41. The second-order valence-electron chi connectivity index (χ2n) is 3.25. The van der Waals surface area contributed by atoms with Crippen LogP contribution in [0, 0.1) is 5.92 Å². The van der Waals surface area contributed by atoms with E-state index in [9.17, 15) is 4.79 Å². The second-order valence-corrected chi connectivity index (χ2v) is 3.25. The molecule has 0 radical (unpaired) electrons. The van der Waals surface area contributed by atoms with Gasteiger partial charge in [0.1, 0.15) is 6.04 Å². The highest BCUT2D eigenvalue weighted by atomic mass is 16.4. The van der Waals surface area contributed by atoms with Crippen molar-refractivity contribution in [2.75, 3.05) is 0 Å². The first-order valence-electron chi connectivity index (χ1n) is 5.76. The van der Waals surface area contributed by atoms with Gasteiger partial charge in [-0.2, -0.15) is 0 Å². The summed E-state index contributed by atoms with van der Waals surface area (Å²) >= 11 is 0. The molecule has 1 aliphatic heterocycles. The van der Waals surface area contributed by atoms with Crippen molar-refractivity contribution in [2.24, 2.45) is 5.92 Å². The van der Waals surface area contributed by atoms with E-state index in [4.69, 9.17) is 5.11 Å². The van der Waals surface area contributed by atoms with Crippen LogP contribution in [-0.2, 0) is 4.79 Å². The number of aliphatic carboxylic acids is 1. The van der Waals surface area contributed by atoms with Crippen molar-refractivity contribution in [1.82, 2.24) is 5.32 Å². The molecule has 2 fully saturated rings. The molecular weight excluding hydrogens is 178 g/mol. The largest absolute Gasteiger partial charge is 0.480 e.